The van der Waals surface area contributed by atoms with Gasteiger partial charge in [-0.25, -0.2) is 0 Å². The van der Waals surface area contributed by atoms with Crippen molar-refractivity contribution in [3.63, 3.8) is 0 Å². The monoisotopic (exact) mass is 236 g/mol. The molecule has 1 N–H and O–H groups in total. The zero-order chi connectivity index (χ0) is 12.1. The number of hydrogen-bond acceptors (Lipinski definition) is 2. The van der Waals surface area contributed by atoms with Crippen LogP contribution in [0.15, 0.2) is 12.4 Å². The van der Waals surface area contributed by atoms with Crippen LogP contribution in [0.4, 0.5) is 0 Å². The Hall–Kier alpha value is -1.32. The molecule has 0 saturated heterocycles. The SMILES string of the molecule is O=C(O)CCc1cnn(C2CCCCCC2)c1. The van der Waals surface area contributed by atoms with Gasteiger partial charge in [0.25, 0.3) is 0 Å². The van der Waals surface area contributed by atoms with Gasteiger partial charge in [-0.2, -0.15) is 5.10 Å². The van der Waals surface area contributed by atoms with Gasteiger partial charge in [-0.3, -0.25) is 9.48 Å². The van der Waals surface area contributed by atoms with Gasteiger partial charge < -0.3 is 5.11 Å². The van der Waals surface area contributed by atoms with Crippen LogP contribution in [-0.4, -0.2) is 20.9 Å². The quantitative estimate of drug-likeness (QED) is 0.818. The summed E-state index contributed by atoms with van der Waals surface area (Å²) in [5.74, 6) is -0.743. The average Bonchev–Trinajstić information content (AvgIpc) is 2.60. The highest BCUT2D eigenvalue weighted by atomic mass is 16.4. The van der Waals surface area contributed by atoms with Crippen molar-refractivity contribution in [2.45, 2.75) is 57.4 Å². The zero-order valence-corrected chi connectivity index (χ0v) is 10.1. The van der Waals surface area contributed by atoms with Crippen LogP contribution in [0.1, 0.15) is 56.6 Å². The highest BCUT2D eigenvalue weighted by molar-refractivity contribution is 5.67. The molecule has 4 nitrogen and oxygen atoms in total. The summed E-state index contributed by atoms with van der Waals surface area (Å²) in [6, 6.07) is 0.524. The summed E-state index contributed by atoms with van der Waals surface area (Å²) in [5, 5.41) is 13.0. The van der Waals surface area contributed by atoms with Gasteiger partial charge in [0, 0.05) is 12.6 Å². The van der Waals surface area contributed by atoms with Crippen molar-refractivity contribution in [2.75, 3.05) is 0 Å². The lowest BCUT2D eigenvalue weighted by Gasteiger charge is -2.14. The van der Waals surface area contributed by atoms with Crippen molar-refractivity contribution in [2.24, 2.45) is 0 Å². The second-order valence-electron chi connectivity index (χ2n) is 4.87. The first-order chi connectivity index (χ1) is 8.25. The average molecular weight is 236 g/mol. The summed E-state index contributed by atoms with van der Waals surface area (Å²) in [7, 11) is 0. The van der Waals surface area contributed by atoms with Crippen LogP contribution in [-0.2, 0) is 11.2 Å². The fraction of sp³-hybridized carbons (Fsp3) is 0.692. The van der Waals surface area contributed by atoms with Crippen molar-refractivity contribution in [3.05, 3.63) is 18.0 Å². The second kappa shape index (κ2) is 5.84. The van der Waals surface area contributed by atoms with Gasteiger partial charge in [0.05, 0.1) is 12.2 Å². The van der Waals surface area contributed by atoms with Crippen LogP contribution in [0.25, 0.3) is 0 Å². The number of hydrogen-bond donors (Lipinski definition) is 1. The minimum absolute atomic E-state index is 0.191. The largest absolute Gasteiger partial charge is 0.481 e. The summed E-state index contributed by atoms with van der Waals surface area (Å²) in [6.07, 6.45) is 12.3. The third kappa shape index (κ3) is 3.58. The number of aryl methyl sites for hydroxylation is 1. The molecule has 0 radical (unpaired) electrons. The molecule has 0 bridgehead atoms. The van der Waals surface area contributed by atoms with Gasteiger partial charge in [0.15, 0.2) is 0 Å². The standard InChI is InChI=1S/C13H20N2O2/c16-13(17)8-7-11-9-14-15(10-11)12-5-3-1-2-4-6-12/h9-10,12H,1-8H2,(H,16,17). The smallest absolute Gasteiger partial charge is 0.303 e. The van der Waals surface area contributed by atoms with E-state index < -0.39 is 5.97 Å². The number of aromatic nitrogens is 2. The Morgan fingerprint density at radius 2 is 2.06 bits per heavy atom. The van der Waals surface area contributed by atoms with Crippen molar-refractivity contribution in [3.8, 4) is 0 Å². The Bertz CT molecular complexity index is 365. The summed E-state index contributed by atoms with van der Waals surface area (Å²) >= 11 is 0. The van der Waals surface area contributed by atoms with Crippen LogP contribution < -0.4 is 0 Å². The maximum Gasteiger partial charge on any atom is 0.303 e. The van der Waals surface area contributed by atoms with E-state index in [0.717, 1.165) is 5.56 Å². The molecule has 17 heavy (non-hydrogen) atoms. The molecule has 0 atom stereocenters. The maximum absolute atomic E-state index is 10.5. The number of carbonyl (C=O) groups is 1. The lowest BCUT2D eigenvalue weighted by molar-refractivity contribution is -0.136. The minimum atomic E-state index is -0.743. The number of carboxylic acid groups (broad SMARTS) is 1. The molecule has 1 aromatic heterocycles. The molecule has 0 unspecified atom stereocenters. The maximum atomic E-state index is 10.5. The molecule has 0 amide bonds. The first-order valence-electron chi connectivity index (χ1n) is 6.50. The number of nitrogens with zero attached hydrogens (tertiary/aromatic N) is 2. The van der Waals surface area contributed by atoms with Crippen LogP contribution in [0, 0.1) is 0 Å². The van der Waals surface area contributed by atoms with E-state index in [-0.39, 0.29) is 6.42 Å². The Morgan fingerprint density at radius 3 is 2.71 bits per heavy atom. The van der Waals surface area contributed by atoms with Gasteiger partial charge in [-0.05, 0) is 24.8 Å². The Labute approximate surface area is 102 Å². The van der Waals surface area contributed by atoms with Gasteiger partial charge >= 0.3 is 5.97 Å². The van der Waals surface area contributed by atoms with Crippen LogP contribution in [0.2, 0.25) is 0 Å². The third-order valence-electron chi connectivity index (χ3n) is 3.48. The molecule has 94 valence electrons. The summed E-state index contributed by atoms with van der Waals surface area (Å²) in [5.41, 5.74) is 1.04. The lowest BCUT2D eigenvalue weighted by atomic mass is 10.1. The number of aliphatic carboxylic acids is 1. The number of carboxylic acids is 1. The van der Waals surface area contributed by atoms with E-state index in [1.54, 1.807) is 0 Å². The van der Waals surface area contributed by atoms with E-state index in [0.29, 0.717) is 12.5 Å². The zero-order valence-electron chi connectivity index (χ0n) is 10.1. The summed E-state index contributed by atoms with van der Waals surface area (Å²) in [6.45, 7) is 0. The molecule has 0 aliphatic heterocycles. The van der Waals surface area contributed by atoms with E-state index in [9.17, 15) is 4.79 Å². The molecule has 1 aliphatic carbocycles. The second-order valence-corrected chi connectivity index (χ2v) is 4.87. The molecule has 1 aromatic rings. The Balaban J connectivity index is 1.94. The normalized spacial score (nSPS) is 17.9. The van der Waals surface area contributed by atoms with E-state index >= 15 is 0 Å². The fourth-order valence-electron chi connectivity index (χ4n) is 2.48. The van der Waals surface area contributed by atoms with Crippen molar-refractivity contribution in [1.82, 2.24) is 9.78 Å². The molecule has 1 saturated carbocycles. The van der Waals surface area contributed by atoms with Crippen LogP contribution in [0.3, 0.4) is 0 Å². The van der Waals surface area contributed by atoms with Gasteiger partial charge in [0.2, 0.25) is 0 Å². The first kappa shape index (κ1) is 12.1. The predicted octanol–water partition coefficient (Wildman–Crippen LogP) is 2.80. The topological polar surface area (TPSA) is 55.1 Å². The minimum Gasteiger partial charge on any atom is -0.481 e. The van der Waals surface area contributed by atoms with Gasteiger partial charge in [0.1, 0.15) is 0 Å². The fourth-order valence-corrected chi connectivity index (χ4v) is 2.48. The van der Waals surface area contributed by atoms with Crippen molar-refractivity contribution < 1.29 is 9.90 Å². The molecule has 1 aliphatic rings. The van der Waals surface area contributed by atoms with Gasteiger partial charge in [-0.15, -0.1) is 0 Å². The Morgan fingerprint density at radius 1 is 1.35 bits per heavy atom. The molecule has 4 heteroatoms. The molecule has 0 aromatic carbocycles. The van der Waals surface area contributed by atoms with Crippen molar-refractivity contribution >= 4 is 5.97 Å². The van der Waals surface area contributed by atoms with Crippen LogP contribution in [0.5, 0.6) is 0 Å². The third-order valence-corrected chi connectivity index (χ3v) is 3.48. The Kier molecular flexibility index (Phi) is 4.18. The molecule has 1 heterocycles. The highest BCUT2D eigenvalue weighted by Crippen LogP contribution is 2.26. The van der Waals surface area contributed by atoms with Crippen molar-refractivity contribution in [1.29, 1.82) is 0 Å². The van der Waals surface area contributed by atoms with Gasteiger partial charge in [-0.1, -0.05) is 25.7 Å². The summed E-state index contributed by atoms with van der Waals surface area (Å²) in [4.78, 5) is 10.5. The summed E-state index contributed by atoms with van der Waals surface area (Å²) < 4.78 is 2.04. The lowest BCUT2D eigenvalue weighted by Crippen LogP contribution is -2.08. The van der Waals surface area contributed by atoms with E-state index in [4.69, 9.17) is 5.11 Å². The van der Waals surface area contributed by atoms with E-state index in [1.807, 2.05) is 17.1 Å². The first-order valence-corrected chi connectivity index (χ1v) is 6.50. The van der Waals surface area contributed by atoms with E-state index in [1.165, 1.54) is 38.5 Å². The molecular formula is C13H20N2O2. The van der Waals surface area contributed by atoms with Crippen LogP contribution >= 0.6 is 0 Å². The van der Waals surface area contributed by atoms with E-state index in [2.05, 4.69) is 5.10 Å². The molecule has 0 spiro atoms. The molecule has 1 fully saturated rings. The molecular weight excluding hydrogens is 216 g/mol. The molecule has 2 rings (SSSR count). The highest BCUT2D eigenvalue weighted by Gasteiger charge is 2.14. The predicted molar refractivity (Wildman–Crippen MR) is 64.9 cm³/mol. The number of rotatable bonds is 4.